The first-order chi connectivity index (χ1) is 10.1. The molecule has 0 spiro atoms. The molecule has 0 aliphatic heterocycles. The molecule has 21 heavy (non-hydrogen) atoms. The van der Waals surface area contributed by atoms with E-state index < -0.39 is 5.97 Å². The molecule has 1 aromatic carbocycles. The van der Waals surface area contributed by atoms with Gasteiger partial charge in [-0.1, -0.05) is 30.4 Å². The van der Waals surface area contributed by atoms with Crippen LogP contribution in [0.1, 0.15) is 27.7 Å². The summed E-state index contributed by atoms with van der Waals surface area (Å²) in [5.74, 6) is -1.26. The van der Waals surface area contributed by atoms with E-state index in [-0.39, 0.29) is 5.91 Å². The van der Waals surface area contributed by atoms with Crippen molar-refractivity contribution in [1.82, 2.24) is 4.98 Å². The van der Waals surface area contributed by atoms with Crippen molar-refractivity contribution in [3.63, 3.8) is 0 Å². The second-order valence-corrected chi connectivity index (χ2v) is 5.31. The lowest BCUT2D eigenvalue weighted by molar-refractivity contribution is -0.131. The summed E-state index contributed by atoms with van der Waals surface area (Å²) < 4.78 is 0. The minimum Gasteiger partial charge on any atom is -0.478 e. The van der Waals surface area contributed by atoms with Crippen LogP contribution in [0.4, 0.5) is 5.13 Å². The number of carbonyl (C=O) groups is 2. The summed E-state index contributed by atoms with van der Waals surface area (Å²) in [6.07, 6.45) is 4.90. The normalized spacial score (nSPS) is 10.7. The number of carbonyl (C=O) groups excluding carboxylic acids is 1. The monoisotopic (exact) mass is 302 g/mol. The molecule has 2 N–H and O–H groups in total. The lowest BCUT2D eigenvalue weighted by Gasteiger charge is -2.02. The number of nitrogens with zero attached hydrogens (tertiary/aromatic N) is 1. The fourth-order valence-corrected chi connectivity index (χ4v) is 2.35. The van der Waals surface area contributed by atoms with E-state index >= 15 is 0 Å². The summed E-state index contributed by atoms with van der Waals surface area (Å²) in [5.41, 5.74) is 1.73. The molecule has 1 amide bonds. The maximum atomic E-state index is 12.0. The van der Waals surface area contributed by atoms with E-state index in [1.165, 1.54) is 29.2 Å². The van der Waals surface area contributed by atoms with Crippen molar-refractivity contribution >= 4 is 34.4 Å². The van der Waals surface area contributed by atoms with Crippen molar-refractivity contribution in [2.24, 2.45) is 0 Å². The van der Waals surface area contributed by atoms with Crippen LogP contribution in [-0.4, -0.2) is 22.0 Å². The molecule has 0 unspecified atom stereocenters. The van der Waals surface area contributed by atoms with Crippen LogP contribution in [-0.2, 0) is 11.2 Å². The molecule has 0 fully saturated rings. The van der Waals surface area contributed by atoms with E-state index in [4.69, 9.17) is 5.11 Å². The minimum absolute atomic E-state index is 0.235. The Morgan fingerprint density at radius 2 is 2.05 bits per heavy atom. The topological polar surface area (TPSA) is 79.3 Å². The third-order valence-corrected chi connectivity index (χ3v) is 3.64. The molecule has 1 aromatic heterocycles. The Kier molecular flexibility index (Phi) is 4.84. The fraction of sp³-hybridized carbons (Fsp3) is 0.133. The quantitative estimate of drug-likeness (QED) is 0.832. The maximum Gasteiger partial charge on any atom is 0.328 e. The largest absolute Gasteiger partial charge is 0.478 e. The van der Waals surface area contributed by atoms with Gasteiger partial charge in [0.1, 0.15) is 0 Å². The number of rotatable bonds is 5. The molecular formula is C15H14N2O3S. The molecule has 2 aromatic rings. The zero-order chi connectivity index (χ0) is 15.2. The average molecular weight is 302 g/mol. The van der Waals surface area contributed by atoms with Crippen LogP contribution in [0.2, 0.25) is 0 Å². The van der Waals surface area contributed by atoms with Gasteiger partial charge in [-0.25, -0.2) is 9.78 Å². The van der Waals surface area contributed by atoms with Gasteiger partial charge >= 0.3 is 5.97 Å². The fourth-order valence-electron chi connectivity index (χ4n) is 1.64. The van der Waals surface area contributed by atoms with E-state index in [1.54, 1.807) is 12.1 Å². The highest BCUT2D eigenvalue weighted by Crippen LogP contribution is 2.20. The molecule has 5 nitrogen and oxygen atoms in total. The van der Waals surface area contributed by atoms with Gasteiger partial charge in [-0.05, 0) is 30.2 Å². The molecule has 0 atom stereocenters. The Bertz CT molecular complexity index is 674. The molecule has 1 heterocycles. The third-order valence-electron chi connectivity index (χ3n) is 2.76. The lowest BCUT2D eigenvalue weighted by atomic mass is 10.1. The standard InChI is InChI=1S/C15H14N2O3S/c1-2-10-3-5-11(6-4-10)14(20)17-15-16-9-12(21-15)7-8-13(18)19/h3-9H,2H2,1H3,(H,18,19)(H,16,17,20). The molecule has 0 saturated heterocycles. The molecule has 0 radical (unpaired) electrons. The molecule has 0 bridgehead atoms. The zero-order valence-corrected chi connectivity index (χ0v) is 12.2. The first kappa shape index (κ1) is 14.9. The van der Waals surface area contributed by atoms with E-state index in [1.807, 2.05) is 12.1 Å². The van der Waals surface area contributed by atoms with E-state index in [9.17, 15) is 9.59 Å². The number of hydrogen-bond donors (Lipinski definition) is 2. The molecular weight excluding hydrogens is 288 g/mol. The predicted octanol–water partition coefficient (Wildman–Crippen LogP) is 3.06. The van der Waals surface area contributed by atoms with Gasteiger partial charge in [0.05, 0.1) is 0 Å². The Labute approximate surface area is 126 Å². The van der Waals surface area contributed by atoms with Gasteiger partial charge in [0.25, 0.3) is 5.91 Å². The Hall–Kier alpha value is -2.47. The first-order valence-electron chi connectivity index (χ1n) is 6.35. The van der Waals surface area contributed by atoms with Crippen molar-refractivity contribution < 1.29 is 14.7 Å². The van der Waals surface area contributed by atoms with Crippen LogP contribution >= 0.6 is 11.3 Å². The Morgan fingerprint density at radius 1 is 1.33 bits per heavy atom. The second-order valence-electron chi connectivity index (χ2n) is 4.24. The number of nitrogens with one attached hydrogen (secondary N) is 1. The molecule has 0 saturated carbocycles. The van der Waals surface area contributed by atoms with Gasteiger partial charge in [0.2, 0.25) is 0 Å². The van der Waals surface area contributed by atoms with E-state index in [0.29, 0.717) is 15.6 Å². The molecule has 108 valence electrons. The number of thiazole rings is 1. The minimum atomic E-state index is -1.02. The van der Waals surface area contributed by atoms with E-state index in [2.05, 4.69) is 17.2 Å². The number of anilines is 1. The summed E-state index contributed by atoms with van der Waals surface area (Å²) in [5, 5.41) is 11.7. The number of aryl methyl sites for hydroxylation is 1. The van der Waals surface area contributed by atoms with Crippen LogP contribution in [0.25, 0.3) is 6.08 Å². The van der Waals surface area contributed by atoms with Crippen molar-refractivity contribution in [1.29, 1.82) is 0 Å². The van der Waals surface area contributed by atoms with Crippen LogP contribution in [0, 0.1) is 0 Å². The number of aliphatic carboxylic acids is 1. The lowest BCUT2D eigenvalue weighted by Crippen LogP contribution is -2.11. The van der Waals surface area contributed by atoms with Crippen LogP contribution in [0.3, 0.4) is 0 Å². The van der Waals surface area contributed by atoms with Gasteiger partial charge in [-0.2, -0.15) is 0 Å². The zero-order valence-electron chi connectivity index (χ0n) is 11.4. The first-order valence-corrected chi connectivity index (χ1v) is 7.17. The Balaban J connectivity index is 2.03. The van der Waals surface area contributed by atoms with Gasteiger partial charge < -0.3 is 5.11 Å². The van der Waals surface area contributed by atoms with Crippen molar-refractivity contribution in [2.45, 2.75) is 13.3 Å². The van der Waals surface area contributed by atoms with Crippen molar-refractivity contribution in [2.75, 3.05) is 5.32 Å². The average Bonchev–Trinajstić information content (AvgIpc) is 2.92. The van der Waals surface area contributed by atoms with Gasteiger partial charge in [-0.15, -0.1) is 0 Å². The van der Waals surface area contributed by atoms with Crippen molar-refractivity contribution in [3.8, 4) is 0 Å². The second kappa shape index (κ2) is 6.81. The van der Waals surface area contributed by atoms with Crippen LogP contribution in [0.15, 0.2) is 36.5 Å². The SMILES string of the molecule is CCc1ccc(C(=O)Nc2ncc(C=CC(=O)O)s2)cc1. The van der Waals surface area contributed by atoms with Crippen LogP contribution in [0.5, 0.6) is 0 Å². The summed E-state index contributed by atoms with van der Waals surface area (Å²) >= 11 is 1.21. The number of aromatic nitrogens is 1. The van der Waals surface area contributed by atoms with Gasteiger partial charge in [-0.3, -0.25) is 10.1 Å². The molecule has 2 rings (SSSR count). The number of benzene rings is 1. The Morgan fingerprint density at radius 3 is 2.67 bits per heavy atom. The van der Waals surface area contributed by atoms with Crippen LogP contribution < -0.4 is 5.32 Å². The molecule has 0 aliphatic rings. The van der Waals surface area contributed by atoms with Gasteiger partial charge in [0.15, 0.2) is 5.13 Å². The highest BCUT2D eigenvalue weighted by Gasteiger charge is 2.08. The smallest absolute Gasteiger partial charge is 0.328 e. The predicted molar refractivity (Wildman–Crippen MR) is 82.6 cm³/mol. The summed E-state index contributed by atoms with van der Waals surface area (Å²) in [7, 11) is 0. The number of hydrogen-bond acceptors (Lipinski definition) is 4. The highest BCUT2D eigenvalue weighted by atomic mass is 32.1. The summed E-state index contributed by atoms with van der Waals surface area (Å²) in [6.45, 7) is 2.05. The third kappa shape index (κ3) is 4.25. The highest BCUT2D eigenvalue weighted by molar-refractivity contribution is 7.16. The number of carboxylic acid groups (broad SMARTS) is 1. The summed E-state index contributed by atoms with van der Waals surface area (Å²) in [6, 6.07) is 7.37. The van der Waals surface area contributed by atoms with Gasteiger partial charge in [0, 0.05) is 22.7 Å². The van der Waals surface area contributed by atoms with Crippen molar-refractivity contribution in [3.05, 3.63) is 52.5 Å². The number of carboxylic acids is 1. The maximum absolute atomic E-state index is 12.0. The summed E-state index contributed by atoms with van der Waals surface area (Å²) in [4.78, 5) is 27.2. The molecule has 0 aliphatic carbocycles. The number of amides is 1. The molecule has 6 heteroatoms. The van der Waals surface area contributed by atoms with E-state index in [0.717, 1.165) is 12.5 Å².